The summed E-state index contributed by atoms with van der Waals surface area (Å²) in [7, 11) is 0. The van der Waals surface area contributed by atoms with Crippen LogP contribution in [0, 0.1) is 0 Å². The summed E-state index contributed by atoms with van der Waals surface area (Å²) in [6.45, 7) is 0. The molecule has 0 spiro atoms. The highest BCUT2D eigenvalue weighted by molar-refractivity contribution is 6.23. The molecule has 0 atom stereocenters. The minimum Gasteiger partial charge on any atom is -0.311 e. The van der Waals surface area contributed by atoms with Gasteiger partial charge in [-0.15, -0.1) is 0 Å². The summed E-state index contributed by atoms with van der Waals surface area (Å²) in [4.78, 5) is 2.37. The first kappa shape index (κ1) is 48.0. The molecule has 0 radical (unpaired) electrons. The van der Waals surface area contributed by atoms with Crippen molar-refractivity contribution in [1.82, 2.24) is 9.13 Å². The Morgan fingerprint density at radius 3 is 0.892 bits per heavy atom. The highest BCUT2D eigenvalue weighted by Crippen LogP contribution is 2.44. The molecule has 0 saturated carbocycles. The lowest BCUT2D eigenvalue weighted by atomic mass is 9.92. The van der Waals surface area contributed by atoms with E-state index in [1.54, 1.807) is 0 Å². The number of aromatic nitrogens is 2. The molecule has 0 bridgehead atoms. The third-order valence-corrected chi connectivity index (χ3v) is 16.9. The monoisotopic (exact) mass is 1060 g/mol. The quantitative estimate of drug-likeness (QED) is 0.133. The Kier molecular flexibility index (Phi) is 11.5. The summed E-state index contributed by atoms with van der Waals surface area (Å²) in [6.07, 6.45) is 0. The highest BCUT2D eigenvalue weighted by atomic mass is 15.1. The maximum atomic E-state index is 2.43. The minimum absolute atomic E-state index is 1.07. The first-order valence-electron chi connectivity index (χ1n) is 28.6. The van der Waals surface area contributed by atoms with Gasteiger partial charge in [0.05, 0.1) is 22.1 Å². The van der Waals surface area contributed by atoms with Crippen LogP contribution in [0.2, 0.25) is 0 Å². The fourth-order valence-electron chi connectivity index (χ4n) is 12.9. The van der Waals surface area contributed by atoms with Gasteiger partial charge in [-0.05, 0) is 192 Å². The Labute approximate surface area is 482 Å². The van der Waals surface area contributed by atoms with Crippen LogP contribution in [-0.4, -0.2) is 9.13 Å². The number of fused-ring (bicyclic) bond motifs is 10. The lowest BCUT2D eigenvalue weighted by Crippen LogP contribution is -2.09. The van der Waals surface area contributed by atoms with Crippen LogP contribution in [0.1, 0.15) is 0 Å². The van der Waals surface area contributed by atoms with Crippen LogP contribution < -0.4 is 4.90 Å². The van der Waals surface area contributed by atoms with Crippen molar-refractivity contribution in [2.45, 2.75) is 0 Å². The zero-order chi connectivity index (χ0) is 54.8. The van der Waals surface area contributed by atoms with Crippen LogP contribution in [0.25, 0.3) is 132 Å². The molecule has 2 aromatic heterocycles. The summed E-state index contributed by atoms with van der Waals surface area (Å²) in [5.41, 5.74) is 22.0. The lowest BCUT2D eigenvalue weighted by molar-refractivity contribution is 1.18. The molecule has 3 heteroatoms. The van der Waals surface area contributed by atoms with Gasteiger partial charge in [0, 0.05) is 50.0 Å². The first-order chi connectivity index (χ1) is 41.1. The predicted octanol–water partition coefficient (Wildman–Crippen LogP) is 22.0. The van der Waals surface area contributed by atoms with Gasteiger partial charge in [-0.25, -0.2) is 0 Å². The number of anilines is 3. The van der Waals surface area contributed by atoms with Gasteiger partial charge >= 0.3 is 0 Å². The number of para-hydroxylation sites is 2. The molecule has 16 aromatic rings. The Balaban J connectivity index is 0.879. The SMILES string of the molecule is c1ccc(-c2ccc(N(c3ccc(-c4ccccc4)cc3)c3ccc(-c4cc(-c5ccc6c(c5)c5c7ccccc7ccc5n6-c5ccccc5)cc(-c5ccc6c(c5)c5c7ccccc7ccc5n6-c5ccccc5)c4)cc3)cc2)cc1. The lowest BCUT2D eigenvalue weighted by Gasteiger charge is -2.26. The summed E-state index contributed by atoms with van der Waals surface area (Å²) >= 11 is 0. The zero-order valence-corrected chi connectivity index (χ0v) is 45.4. The number of nitrogens with zero attached hydrogens (tertiary/aromatic N) is 3. The minimum atomic E-state index is 1.07. The van der Waals surface area contributed by atoms with Crippen molar-refractivity contribution < 1.29 is 0 Å². The van der Waals surface area contributed by atoms with Gasteiger partial charge in [-0.1, -0.05) is 206 Å². The van der Waals surface area contributed by atoms with Gasteiger partial charge in [0.1, 0.15) is 0 Å². The molecule has 83 heavy (non-hydrogen) atoms. The van der Waals surface area contributed by atoms with E-state index in [2.05, 4.69) is 336 Å². The van der Waals surface area contributed by atoms with Crippen LogP contribution >= 0.6 is 0 Å². The number of hydrogen-bond donors (Lipinski definition) is 0. The van der Waals surface area contributed by atoms with E-state index in [0.717, 1.165) is 61.8 Å². The predicted molar refractivity (Wildman–Crippen MR) is 352 cm³/mol. The van der Waals surface area contributed by atoms with Crippen molar-refractivity contribution in [1.29, 1.82) is 0 Å². The van der Waals surface area contributed by atoms with Crippen molar-refractivity contribution in [3.63, 3.8) is 0 Å². The Bertz CT molecular complexity index is 4780. The van der Waals surface area contributed by atoms with Crippen molar-refractivity contribution in [3.8, 4) is 67.0 Å². The van der Waals surface area contributed by atoms with Crippen LogP contribution in [-0.2, 0) is 0 Å². The van der Waals surface area contributed by atoms with E-state index < -0.39 is 0 Å². The fraction of sp³-hybridized carbons (Fsp3) is 0. The second-order valence-electron chi connectivity index (χ2n) is 21.7. The molecule has 0 N–H and O–H groups in total. The third-order valence-electron chi connectivity index (χ3n) is 16.9. The largest absolute Gasteiger partial charge is 0.311 e. The van der Waals surface area contributed by atoms with Gasteiger partial charge in [0.15, 0.2) is 0 Å². The second kappa shape index (κ2) is 20.0. The third kappa shape index (κ3) is 8.37. The summed E-state index contributed by atoms with van der Waals surface area (Å²) in [5.74, 6) is 0. The van der Waals surface area contributed by atoms with E-state index >= 15 is 0 Å². The molecular weight excluding hydrogens is 1000 g/mol. The van der Waals surface area contributed by atoms with Crippen LogP contribution in [0.15, 0.2) is 322 Å². The Hall–Kier alpha value is -11.0. The van der Waals surface area contributed by atoms with Gasteiger partial charge in [0.25, 0.3) is 0 Å². The van der Waals surface area contributed by atoms with Crippen molar-refractivity contribution >= 4 is 82.2 Å². The molecule has 388 valence electrons. The number of rotatable bonds is 10. The Morgan fingerprint density at radius 2 is 0.494 bits per heavy atom. The van der Waals surface area contributed by atoms with Gasteiger partial charge in [0.2, 0.25) is 0 Å². The molecule has 16 rings (SSSR count). The van der Waals surface area contributed by atoms with Gasteiger partial charge < -0.3 is 14.0 Å². The molecule has 0 amide bonds. The highest BCUT2D eigenvalue weighted by Gasteiger charge is 2.20. The van der Waals surface area contributed by atoms with E-state index in [9.17, 15) is 0 Å². The van der Waals surface area contributed by atoms with Crippen molar-refractivity contribution in [2.75, 3.05) is 4.90 Å². The molecule has 0 aliphatic carbocycles. The molecule has 3 nitrogen and oxygen atoms in total. The van der Waals surface area contributed by atoms with E-state index in [-0.39, 0.29) is 0 Å². The summed E-state index contributed by atoms with van der Waals surface area (Å²) in [6, 6.07) is 118. The summed E-state index contributed by atoms with van der Waals surface area (Å²) < 4.78 is 4.85. The Morgan fingerprint density at radius 1 is 0.193 bits per heavy atom. The second-order valence-corrected chi connectivity index (χ2v) is 21.7. The fourth-order valence-corrected chi connectivity index (χ4v) is 12.9. The van der Waals surface area contributed by atoms with Crippen LogP contribution in [0.3, 0.4) is 0 Å². The van der Waals surface area contributed by atoms with Crippen molar-refractivity contribution in [3.05, 3.63) is 322 Å². The maximum absolute atomic E-state index is 2.43. The molecule has 0 aliphatic rings. The molecule has 0 unspecified atom stereocenters. The van der Waals surface area contributed by atoms with Gasteiger partial charge in [-0.2, -0.15) is 0 Å². The zero-order valence-electron chi connectivity index (χ0n) is 45.4. The molecule has 14 aromatic carbocycles. The van der Waals surface area contributed by atoms with Gasteiger partial charge in [-0.3, -0.25) is 0 Å². The molecule has 0 fully saturated rings. The van der Waals surface area contributed by atoms with Crippen LogP contribution in [0.5, 0.6) is 0 Å². The molecule has 0 saturated heterocycles. The van der Waals surface area contributed by atoms with Crippen LogP contribution in [0.4, 0.5) is 17.1 Å². The molecule has 2 heterocycles. The number of hydrogen-bond acceptors (Lipinski definition) is 1. The molecule has 0 aliphatic heterocycles. The topological polar surface area (TPSA) is 13.1 Å². The van der Waals surface area contributed by atoms with Crippen molar-refractivity contribution in [2.24, 2.45) is 0 Å². The van der Waals surface area contributed by atoms with E-state index in [4.69, 9.17) is 0 Å². The standard InChI is InChI=1S/C80H53N3/c1-5-17-54(18-6-1)56-29-39-68(40-30-56)81(69-41-31-57(32-42-69)55-19-7-2-8-20-55)70-43-33-58(34-44-70)63-49-64(61-37-45-75-73(52-61)79-71-27-15-13-21-59(71)35-47-77(79)82(75)66-23-9-3-10-24-66)51-65(50-63)62-38-46-76-74(53-62)80-72-28-16-14-22-60(72)36-48-78(80)83(76)67-25-11-4-12-26-67/h1-53H. The average Bonchev–Trinajstić information content (AvgIpc) is 4.14. The molecular formula is C80H53N3. The number of benzene rings is 14. The first-order valence-corrected chi connectivity index (χ1v) is 28.6. The van der Waals surface area contributed by atoms with E-state index in [1.165, 1.54) is 87.4 Å². The average molecular weight is 1060 g/mol. The normalized spacial score (nSPS) is 11.6. The van der Waals surface area contributed by atoms with E-state index in [1.807, 2.05) is 0 Å². The maximum Gasteiger partial charge on any atom is 0.0547 e. The smallest absolute Gasteiger partial charge is 0.0547 e. The van der Waals surface area contributed by atoms with E-state index in [0.29, 0.717) is 0 Å². The summed E-state index contributed by atoms with van der Waals surface area (Å²) in [5, 5.41) is 9.94.